The van der Waals surface area contributed by atoms with Crippen molar-refractivity contribution in [2.75, 3.05) is 19.6 Å². The minimum absolute atomic E-state index is 0.0606. The van der Waals surface area contributed by atoms with E-state index in [2.05, 4.69) is 25.2 Å². The molecule has 0 aliphatic carbocycles. The number of nitrogens with zero attached hydrogens (tertiary/aromatic N) is 2. The highest BCUT2D eigenvalue weighted by molar-refractivity contribution is 5.81. The number of carbonyl (C=O) groups is 1. The molecule has 0 aliphatic heterocycles. The van der Waals surface area contributed by atoms with Gasteiger partial charge in [-0.15, -0.1) is 0 Å². The molecule has 1 N–H and O–H groups in total. The summed E-state index contributed by atoms with van der Waals surface area (Å²) in [6, 6.07) is 1.96. The number of nitrogens with one attached hydrogen (secondary N) is 1. The second-order valence-corrected chi connectivity index (χ2v) is 4.69. The average Bonchev–Trinajstić information content (AvgIpc) is 2.29. The zero-order valence-electron chi connectivity index (χ0n) is 11.5. The lowest BCUT2D eigenvalue weighted by molar-refractivity contribution is -0.125. The number of likely N-dealkylation sites (N-methyl/N-ethyl adjacent to an activating group) is 1. The fourth-order valence-electron chi connectivity index (χ4n) is 1.62. The molecule has 1 atom stereocenters. The number of nitriles is 1. The van der Waals surface area contributed by atoms with Crippen molar-refractivity contribution >= 4 is 5.91 Å². The van der Waals surface area contributed by atoms with Crippen LogP contribution >= 0.6 is 0 Å². The van der Waals surface area contributed by atoms with E-state index in [-0.39, 0.29) is 11.9 Å². The molecule has 0 heterocycles. The molecule has 98 valence electrons. The molecule has 4 nitrogen and oxygen atoms in total. The molecule has 0 aromatic carbocycles. The number of rotatable bonds is 8. The van der Waals surface area contributed by atoms with Crippen molar-refractivity contribution in [3.05, 3.63) is 0 Å². The Morgan fingerprint density at radius 3 is 2.53 bits per heavy atom. The average molecular weight is 239 g/mol. The zero-order chi connectivity index (χ0) is 13.3. The number of carbonyl (C=O) groups excluding carboxylic acids is 1. The van der Waals surface area contributed by atoms with Gasteiger partial charge in [-0.05, 0) is 25.8 Å². The van der Waals surface area contributed by atoms with Gasteiger partial charge in [0.05, 0.1) is 12.1 Å². The van der Waals surface area contributed by atoms with E-state index < -0.39 is 0 Å². The molecule has 1 amide bonds. The van der Waals surface area contributed by atoms with E-state index >= 15 is 0 Å². The Hall–Kier alpha value is -1.08. The molecule has 0 rings (SSSR count). The molecule has 1 unspecified atom stereocenters. The largest absolute Gasteiger partial charge is 0.355 e. The molecular formula is C13H25N3O. The van der Waals surface area contributed by atoms with Crippen molar-refractivity contribution < 1.29 is 4.79 Å². The third kappa shape index (κ3) is 6.96. The van der Waals surface area contributed by atoms with Gasteiger partial charge in [-0.2, -0.15) is 5.26 Å². The minimum atomic E-state index is -0.152. The van der Waals surface area contributed by atoms with Crippen LogP contribution in [0.4, 0.5) is 0 Å². The lowest BCUT2D eigenvalue weighted by Crippen LogP contribution is -2.45. The van der Waals surface area contributed by atoms with Gasteiger partial charge < -0.3 is 5.32 Å². The lowest BCUT2D eigenvalue weighted by atomic mass is 10.1. The standard InChI is InChI=1S/C13H25N3O/c1-5-16(10-6-8-14)12(4)13(17)15-9-7-11(2)3/h11-12H,5-7,9-10H2,1-4H3,(H,15,17). The maximum Gasteiger partial charge on any atom is 0.237 e. The van der Waals surface area contributed by atoms with Crippen LogP contribution in [0.2, 0.25) is 0 Å². The van der Waals surface area contributed by atoms with Crippen LogP contribution in [0.15, 0.2) is 0 Å². The van der Waals surface area contributed by atoms with Crippen LogP contribution in [0.5, 0.6) is 0 Å². The SMILES string of the molecule is CCN(CCC#N)C(C)C(=O)NCCC(C)C. The Morgan fingerprint density at radius 1 is 1.41 bits per heavy atom. The summed E-state index contributed by atoms with van der Waals surface area (Å²) in [6.45, 7) is 10.4. The van der Waals surface area contributed by atoms with Gasteiger partial charge in [0.2, 0.25) is 5.91 Å². The van der Waals surface area contributed by atoms with E-state index in [1.807, 2.05) is 18.7 Å². The Morgan fingerprint density at radius 2 is 2.06 bits per heavy atom. The van der Waals surface area contributed by atoms with E-state index in [1.165, 1.54) is 0 Å². The van der Waals surface area contributed by atoms with Crippen LogP contribution in [0.1, 0.15) is 40.5 Å². The predicted octanol–water partition coefficient (Wildman–Crippen LogP) is 1.77. The monoisotopic (exact) mass is 239 g/mol. The fraction of sp³-hybridized carbons (Fsp3) is 0.846. The summed E-state index contributed by atoms with van der Waals surface area (Å²) >= 11 is 0. The number of amides is 1. The molecule has 0 radical (unpaired) electrons. The Labute approximate surface area is 105 Å². The van der Waals surface area contributed by atoms with Crippen molar-refractivity contribution in [2.24, 2.45) is 5.92 Å². The van der Waals surface area contributed by atoms with E-state index in [4.69, 9.17) is 5.26 Å². The Balaban J connectivity index is 4.03. The third-order valence-electron chi connectivity index (χ3n) is 2.87. The minimum Gasteiger partial charge on any atom is -0.355 e. The fourth-order valence-corrected chi connectivity index (χ4v) is 1.62. The van der Waals surface area contributed by atoms with E-state index in [1.54, 1.807) is 0 Å². The summed E-state index contributed by atoms with van der Waals surface area (Å²) in [5.41, 5.74) is 0. The number of hydrogen-bond acceptors (Lipinski definition) is 3. The maximum atomic E-state index is 11.9. The Bertz CT molecular complexity index is 258. The third-order valence-corrected chi connectivity index (χ3v) is 2.87. The van der Waals surface area contributed by atoms with E-state index in [0.29, 0.717) is 18.9 Å². The van der Waals surface area contributed by atoms with Gasteiger partial charge >= 0.3 is 0 Å². The van der Waals surface area contributed by atoms with Gasteiger partial charge in [0.1, 0.15) is 0 Å². The first kappa shape index (κ1) is 15.9. The molecule has 17 heavy (non-hydrogen) atoms. The topological polar surface area (TPSA) is 56.1 Å². The summed E-state index contributed by atoms with van der Waals surface area (Å²) < 4.78 is 0. The quantitative estimate of drug-likeness (QED) is 0.702. The molecule has 0 saturated heterocycles. The van der Waals surface area contributed by atoms with Crippen LogP contribution in [-0.2, 0) is 4.79 Å². The highest BCUT2D eigenvalue weighted by Crippen LogP contribution is 2.01. The van der Waals surface area contributed by atoms with Crippen LogP contribution in [0.3, 0.4) is 0 Å². The van der Waals surface area contributed by atoms with Crippen molar-refractivity contribution in [1.82, 2.24) is 10.2 Å². The first-order valence-corrected chi connectivity index (χ1v) is 6.41. The second kappa shape index (κ2) is 9.00. The predicted molar refractivity (Wildman–Crippen MR) is 69.4 cm³/mol. The molecule has 0 bridgehead atoms. The van der Waals surface area contributed by atoms with Crippen molar-refractivity contribution in [2.45, 2.75) is 46.6 Å². The molecule has 0 aromatic rings. The van der Waals surface area contributed by atoms with Gasteiger partial charge in [-0.3, -0.25) is 9.69 Å². The first-order valence-electron chi connectivity index (χ1n) is 6.41. The van der Waals surface area contributed by atoms with Crippen LogP contribution < -0.4 is 5.32 Å². The summed E-state index contributed by atoms with van der Waals surface area (Å²) in [5.74, 6) is 0.664. The summed E-state index contributed by atoms with van der Waals surface area (Å²) in [6.07, 6.45) is 1.47. The molecule has 4 heteroatoms. The molecule has 0 fully saturated rings. The van der Waals surface area contributed by atoms with Crippen molar-refractivity contribution in [3.8, 4) is 6.07 Å². The van der Waals surface area contributed by atoms with Crippen LogP contribution in [-0.4, -0.2) is 36.5 Å². The van der Waals surface area contributed by atoms with Crippen molar-refractivity contribution in [3.63, 3.8) is 0 Å². The van der Waals surface area contributed by atoms with Crippen molar-refractivity contribution in [1.29, 1.82) is 5.26 Å². The maximum absolute atomic E-state index is 11.9. The first-order chi connectivity index (χ1) is 8.02. The molecular weight excluding hydrogens is 214 g/mol. The van der Waals surface area contributed by atoms with Gasteiger partial charge in [-0.1, -0.05) is 20.8 Å². The normalized spacial score (nSPS) is 12.5. The molecule has 0 spiro atoms. The molecule has 0 aliphatic rings. The highest BCUT2D eigenvalue weighted by atomic mass is 16.2. The Kier molecular flexibility index (Phi) is 8.43. The lowest BCUT2D eigenvalue weighted by Gasteiger charge is -2.26. The summed E-state index contributed by atoms with van der Waals surface area (Å²) in [5, 5.41) is 11.5. The summed E-state index contributed by atoms with van der Waals surface area (Å²) in [7, 11) is 0. The van der Waals surface area contributed by atoms with Crippen LogP contribution in [0, 0.1) is 17.2 Å². The van der Waals surface area contributed by atoms with Gasteiger partial charge in [-0.25, -0.2) is 0 Å². The highest BCUT2D eigenvalue weighted by Gasteiger charge is 2.18. The number of hydrogen-bond donors (Lipinski definition) is 1. The molecule has 0 saturated carbocycles. The van der Waals surface area contributed by atoms with E-state index in [9.17, 15) is 4.79 Å². The van der Waals surface area contributed by atoms with Gasteiger partial charge in [0.25, 0.3) is 0 Å². The van der Waals surface area contributed by atoms with Gasteiger partial charge in [0.15, 0.2) is 0 Å². The molecule has 0 aromatic heterocycles. The van der Waals surface area contributed by atoms with Crippen LogP contribution in [0.25, 0.3) is 0 Å². The second-order valence-electron chi connectivity index (χ2n) is 4.69. The van der Waals surface area contributed by atoms with Gasteiger partial charge in [0, 0.05) is 19.5 Å². The zero-order valence-corrected chi connectivity index (χ0v) is 11.5. The van der Waals surface area contributed by atoms with E-state index in [0.717, 1.165) is 19.5 Å². The smallest absolute Gasteiger partial charge is 0.237 e. The summed E-state index contributed by atoms with van der Waals surface area (Å²) in [4.78, 5) is 13.9.